The molecule has 10 heteroatoms. The van der Waals surface area contributed by atoms with E-state index in [1.54, 1.807) is 12.1 Å². The summed E-state index contributed by atoms with van der Waals surface area (Å²) in [5.74, 6) is 0. The fraction of sp³-hybridized carbons (Fsp3) is 0.321. The maximum Gasteiger partial charge on any atom is 0.295 e. The zero-order valence-electron chi connectivity index (χ0n) is 111. The van der Waals surface area contributed by atoms with Gasteiger partial charge in [0.2, 0.25) is 0 Å². The molecule has 5 unspecified atom stereocenters. The summed E-state index contributed by atoms with van der Waals surface area (Å²) in [7, 11) is 10.1. The molecule has 15 heterocycles. The van der Waals surface area contributed by atoms with Crippen LogP contribution in [-0.4, -0.2) is 22.0 Å². The van der Waals surface area contributed by atoms with Crippen LogP contribution < -0.4 is 22.8 Å². The quantitative estimate of drug-likeness (QED) is 0.125. The Balaban J connectivity index is 0.000000109. The molecule has 0 saturated carbocycles. The van der Waals surface area contributed by atoms with Crippen LogP contribution in [0.5, 0.6) is 0 Å². The van der Waals surface area contributed by atoms with Crippen LogP contribution >= 0.6 is 0 Å². The minimum Gasteiger partial charge on any atom is -0.232 e. The zero-order chi connectivity index (χ0) is 122. The monoisotopic (exact) mass is 1950 g/mol. The summed E-state index contributed by atoms with van der Waals surface area (Å²) in [5, 5.41) is 15.8. The Labute approximate surface area is 896 Å². The third kappa shape index (κ3) is 12.0. The van der Waals surface area contributed by atoms with Gasteiger partial charge in [-0.15, -0.1) is 0 Å². The van der Waals surface area contributed by atoms with Gasteiger partial charge in [0.15, 0.2) is 45.6 Å². The van der Waals surface area contributed by atoms with Crippen molar-refractivity contribution >= 4 is 137 Å². The van der Waals surface area contributed by atoms with Crippen molar-refractivity contribution in [2.45, 2.75) is 254 Å². The molecule has 13 aromatic carbocycles. The van der Waals surface area contributed by atoms with E-state index >= 15 is 0 Å². The first-order valence-electron chi connectivity index (χ1n) is 62.3. The fourth-order valence-electron chi connectivity index (χ4n) is 27.4. The Hall–Kier alpha value is -14.1. The highest BCUT2D eigenvalue weighted by molar-refractivity contribution is 6.20. The summed E-state index contributed by atoms with van der Waals surface area (Å²) in [4.78, 5) is 0. The molecular weight excluding hydrogens is 1790 g/mol. The van der Waals surface area contributed by atoms with Crippen molar-refractivity contribution < 1.29 is 51.6 Å². The number of aryl methyl sites for hydroxylation is 14. The third-order valence-electron chi connectivity index (χ3n) is 37.5. The molecule has 10 aromatic heterocycles. The molecule has 0 amide bonds. The summed E-state index contributed by atoms with van der Waals surface area (Å²) < 4.78 is 203. The van der Waals surface area contributed by atoms with E-state index in [4.69, 9.17) is 28.8 Å². The summed E-state index contributed by atoms with van der Waals surface area (Å²) in [6.07, 6.45) is 3.96. The number of hydrogen-bond donors (Lipinski definition) is 0. The molecule has 0 fully saturated rings. The minimum absolute atomic E-state index is 0.283. The second-order valence-corrected chi connectivity index (χ2v) is 46.9. The number of rotatable bonds is 3. The molecule has 738 valence electrons. The van der Waals surface area contributed by atoms with E-state index in [9.17, 15) is 0 Å². The third-order valence-corrected chi connectivity index (χ3v) is 37.5. The smallest absolute Gasteiger partial charge is 0.232 e. The molecule has 0 aliphatic carbocycles. The van der Waals surface area contributed by atoms with Gasteiger partial charge in [-0.3, -0.25) is 0 Å². The first-order chi connectivity index (χ1) is 78.1. The summed E-state index contributed by atoms with van der Waals surface area (Å²) in [6.45, 7) is 28.9. The fourth-order valence-corrected chi connectivity index (χ4v) is 27.4. The van der Waals surface area contributed by atoms with Crippen molar-refractivity contribution in [1.29, 1.82) is 0 Å². The number of benzene rings is 13. The van der Waals surface area contributed by atoms with Crippen molar-refractivity contribution in [1.82, 2.24) is 22.0 Å². The van der Waals surface area contributed by atoms with Gasteiger partial charge in [0.1, 0.15) is 40.0 Å². The van der Waals surface area contributed by atoms with E-state index in [-0.39, 0.29) is 5.56 Å². The summed E-state index contributed by atoms with van der Waals surface area (Å²) >= 11 is 0. The molecule has 0 bridgehead atoms. The van der Waals surface area contributed by atoms with Crippen molar-refractivity contribution in [3.05, 3.63) is 367 Å². The lowest BCUT2D eigenvalue weighted by atomic mass is 9.60. The topological polar surface area (TPSA) is 41.4 Å². The second kappa shape index (κ2) is 31.3. The normalized spacial score (nSPS) is 22.9. The largest absolute Gasteiger partial charge is 0.295 e. The van der Waals surface area contributed by atoms with Crippen molar-refractivity contribution in [3.8, 4) is 33.8 Å². The average Bonchev–Trinajstić information content (AvgIpc) is 1.49. The Morgan fingerprint density at radius 2 is 0.442 bits per heavy atom. The Morgan fingerprint density at radius 1 is 0.204 bits per heavy atom. The molecule has 0 saturated heterocycles. The SMILES string of the molecule is [2H]C([2H])([2H])C1(C)c2c(-c3ccccc3)[n+](C)c3c4c(C)cccc4c4c(C)ccc(c4n23)C1(C)C.[2H]C([2H])([2H])C1(C)c2c(-c3ccccc3)[n+](C)c3c4c(C)cccc4c4cccc(c4n23)C1(C)C.[2H]C([2H])([2H])C1(C)c2c[n+](C)c3c4c(C)cccc4c4c(C)ccc(c4n23)C1(C)C.[2H]C([2H])([2H])c1ccc2c3c1c1cccc(C)c1c1n3c(c(-c3ccccc3)[n+]1C)C(C)(C([2H])([2H])[2H])C2(C)C.[2H]C([2H])([2H])c1ccc2c3c1c1cccc(C)c1c1n3c(c[n+]1C)C(C)(C([2H])([2H])[2H])C2(C)C. The molecular formula is C137H145N10+5. The van der Waals surface area contributed by atoms with Crippen molar-refractivity contribution in [3.63, 3.8) is 0 Å². The Morgan fingerprint density at radius 3 is 0.748 bits per heavy atom. The van der Waals surface area contributed by atoms with Gasteiger partial charge in [0, 0.05) is 181 Å². The van der Waals surface area contributed by atoms with Crippen LogP contribution in [0, 0.1) is 62.2 Å². The molecule has 10 nitrogen and oxygen atoms in total. The predicted octanol–water partition coefficient (Wildman–Crippen LogP) is 31.0. The first-order valence-corrected chi connectivity index (χ1v) is 51.8. The molecule has 5 atom stereocenters. The maximum atomic E-state index is 8.91. The summed E-state index contributed by atoms with van der Waals surface area (Å²) in [6, 6.07) is 83.8. The molecule has 23 aromatic rings. The van der Waals surface area contributed by atoms with E-state index in [0.29, 0.717) is 27.7 Å². The highest BCUT2D eigenvalue weighted by atomic mass is 15.2. The van der Waals surface area contributed by atoms with E-state index in [1.807, 2.05) is 234 Å². The number of aromatic nitrogens is 10. The Bertz CT molecular complexity index is 10700. The van der Waals surface area contributed by atoms with Gasteiger partial charge in [-0.1, -0.05) is 387 Å². The van der Waals surface area contributed by atoms with Gasteiger partial charge in [0.05, 0.1) is 62.2 Å². The van der Waals surface area contributed by atoms with Crippen LogP contribution in [0.3, 0.4) is 0 Å². The minimum atomic E-state index is -2.35. The lowest BCUT2D eigenvalue weighted by Gasteiger charge is -2.43. The highest BCUT2D eigenvalue weighted by Gasteiger charge is 2.59. The number of para-hydroxylation sites is 1. The number of fused-ring (bicyclic) bond motifs is 15. The predicted molar refractivity (Wildman–Crippen MR) is 617 cm³/mol. The van der Waals surface area contributed by atoms with Gasteiger partial charge in [-0.2, -0.15) is 22.0 Å². The standard InChI is InChI=1S/2C30H31N2.C29H29N2.2C24H27N2/c2*1-18-12-11-15-21-23-19(2)16-17-22-26(23)32-27(30(5,6)29(22,3)4)25(20-13-9-8-10-14-20)31(7)28(32)24(18)21;1-18-12-10-15-20-21-16-11-17-22-25(21)31-26(29(4,5)28(22,2)3)24(19-13-8-7-9-14-19)30(6)27(31)23(18)20;2*1-14-9-8-10-16-19-15(2)11-12-17-21(19)26-18(24(5,6)23(17,3)4)13-25(7)22(26)20(14)16/h2*8-17H,1-7H3;7-17H,1-6H3;2*8-13H,1-7H3/q5*+1/i2D3,5D3;5D3;4D3;2D3,5D3;5D3. The van der Waals surface area contributed by atoms with Crippen molar-refractivity contribution in [2.75, 3.05) is 0 Å². The Kier molecular flexibility index (Phi) is 15.7. The lowest BCUT2D eigenvalue weighted by Crippen LogP contribution is -2.44. The highest BCUT2D eigenvalue weighted by Crippen LogP contribution is 2.61. The van der Waals surface area contributed by atoms with E-state index in [0.717, 1.165) is 167 Å². The van der Waals surface area contributed by atoms with Gasteiger partial charge >= 0.3 is 0 Å². The van der Waals surface area contributed by atoms with Gasteiger partial charge in [-0.25, -0.2) is 22.8 Å². The zero-order valence-corrected chi connectivity index (χ0v) is 89.8. The number of nitrogens with zero attached hydrogens (tertiary/aromatic N) is 10. The average molecular weight is 1950 g/mol. The van der Waals surface area contributed by atoms with Crippen molar-refractivity contribution in [2.24, 2.45) is 35.2 Å². The second-order valence-electron chi connectivity index (χ2n) is 46.9. The van der Waals surface area contributed by atoms with Crippen LogP contribution in [0.15, 0.2) is 261 Å². The van der Waals surface area contributed by atoms with Crippen LogP contribution in [0.1, 0.15) is 273 Å². The van der Waals surface area contributed by atoms with E-state index in [1.165, 1.54) is 76.3 Å². The maximum absolute atomic E-state index is 8.91. The molecule has 5 aliphatic heterocycles. The summed E-state index contributed by atoms with van der Waals surface area (Å²) in [5.41, 5.74) is 24.1. The molecule has 0 spiro atoms. The van der Waals surface area contributed by atoms with Gasteiger partial charge in [-0.05, 0) is 112 Å². The van der Waals surface area contributed by atoms with Crippen LogP contribution in [0.25, 0.3) is 170 Å². The first kappa shape index (κ1) is 73.9. The van der Waals surface area contributed by atoms with Crippen LogP contribution in [0.4, 0.5) is 0 Å². The molecule has 5 aliphatic rings. The van der Waals surface area contributed by atoms with Crippen LogP contribution in [0.2, 0.25) is 0 Å². The lowest BCUT2D eigenvalue weighted by molar-refractivity contribution is -0.644. The number of imidazole rings is 5. The number of hydrogen-bond acceptors (Lipinski definition) is 0. The van der Waals surface area contributed by atoms with E-state index < -0.39 is 102 Å². The molecule has 28 rings (SSSR count). The number of pyridine rings is 5. The van der Waals surface area contributed by atoms with E-state index in [2.05, 4.69) is 247 Å². The van der Waals surface area contributed by atoms with Gasteiger partial charge < -0.3 is 0 Å². The molecule has 0 radical (unpaired) electrons. The molecule has 0 N–H and O–H groups in total. The molecule has 147 heavy (non-hydrogen) atoms. The van der Waals surface area contributed by atoms with Gasteiger partial charge in [0.25, 0.3) is 28.2 Å². The van der Waals surface area contributed by atoms with Crippen LogP contribution in [-0.2, 0) is 89.4 Å².